The third kappa shape index (κ3) is 4.09. The summed E-state index contributed by atoms with van der Waals surface area (Å²) in [7, 11) is 0. The van der Waals surface area contributed by atoms with E-state index in [1.807, 2.05) is 13.0 Å². The number of aromatic nitrogens is 1. The highest BCUT2D eigenvalue weighted by Gasteiger charge is 2.46. The molecule has 0 bridgehead atoms. The van der Waals surface area contributed by atoms with Crippen molar-refractivity contribution >= 4 is 17.4 Å². The number of hydrogen-bond acceptors (Lipinski definition) is 5. The van der Waals surface area contributed by atoms with Gasteiger partial charge < -0.3 is 14.7 Å². The first-order chi connectivity index (χ1) is 15.5. The molecule has 162 valence electrons. The number of pyridine rings is 1. The SMILES string of the molecule is CCOc1ccc(C2C(=C(O)c3ccc(F)cc3)C(=O)C(=O)N2Cc2cccnc2)cc1. The second-order valence-corrected chi connectivity index (χ2v) is 7.30. The maximum atomic E-state index is 13.4. The second kappa shape index (κ2) is 9.01. The fourth-order valence-electron chi connectivity index (χ4n) is 3.75. The predicted molar refractivity (Wildman–Crippen MR) is 116 cm³/mol. The van der Waals surface area contributed by atoms with Crippen molar-refractivity contribution in [2.24, 2.45) is 0 Å². The van der Waals surface area contributed by atoms with Crippen LogP contribution in [0.1, 0.15) is 29.7 Å². The number of ether oxygens (including phenoxy) is 1. The summed E-state index contributed by atoms with van der Waals surface area (Å²) in [6.07, 6.45) is 3.24. The third-order valence-corrected chi connectivity index (χ3v) is 5.24. The normalized spacial score (nSPS) is 17.6. The van der Waals surface area contributed by atoms with Crippen molar-refractivity contribution in [2.75, 3.05) is 6.61 Å². The molecule has 1 N–H and O–H groups in total. The number of benzene rings is 2. The Balaban J connectivity index is 1.83. The highest BCUT2D eigenvalue weighted by Crippen LogP contribution is 2.40. The van der Waals surface area contributed by atoms with Crippen molar-refractivity contribution in [1.29, 1.82) is 0 Å². The van der Waals surface area contributed by atoms with E-state index in [0.29, 0.717) is 17.9 Å². The zero-order valence-corrected chi connectivity index (χ0v) is 17.4. The summed E-state index contributed by atoms with van der Waals surface area (Å²) in [5.41, 5.74) is 1.59. The lowest BCUT2D eigenvalue weighted by Crippen LogP contribution is -2.29. The molecule has 1 aliphatic rings. The summed E-state index contributed by atoms with van der Waals surface area (Å²) >= 11 is 0. The Labute approximate surface area is 184 Å². The average molecular weight is 432 g/mol. The second-order valence-electron chi connectivity index (χ2n) is 7.30. The molecule has 0 saturated carbocycles. The van der Waals surface area contributed by atoms with E-state index in [2.05, 4.69) is 4.98 Å². The quantitative estimate of drug-likeness (QED) is 0.358. The van der Waals surface area contributed by atoms with Crippen LogP contribution in [0, 0.1) is 5.82 Å². The summed E-state index contributed by atoms with van der Waals surface area (Å²) in [6.45, 7) is 2.51. The Morgan fingerprint density at radius 2 is 1.81 bits per heavy atom. The number of likely N-dealkylation sites (tertiary alicyclic amines) is 1. The maximum absolute atomic E-state index is 13.4. The minimum Gasteiger partial charge on any atom is -0.507 e. The van der Waals surface area contributed by atoms with Gasteiger partial charge in [-0.25, -0.2) is 4.39 Å². The molecule has 1 unspecified atom stereocenters. The first-order valence-electron chi connectivity index (χ1n) is 10.2. The molecule has 4 rings (SSSR count). The molecule has 1 fully saturated rings. The number of carbonyl (C=O) groups is 2. The van der Waals surface area contributed by atoms with E-state index in [0.717, 1.165) is 5.56 Å². The van der Waals surface area contributed by atoms with Gasteiger partial charge in [0.2, 0.25) is 0 Å². The van der Waals surface area contributed by atoms with Crippen LogP contribution in [-0.2, 0) is 16.1 Å². The van der Waals surface area contributed by atoms with Crippen LogP contribution >= 0.6 is 0 Å². The molecule has 7 heteroatoms. The van der Waals surface area contributed by atoms with Crippen LogP contribution in [0.4, 0.5) is 4.39 Å². The van der Waals surface area contributed by atoms with Gasteiger partial charge in [0.1, 0.15) is 17.3 Å². The molecule has 3 aromatic rings. The molecular weight excluding hydrogens is 411 g/mol. The smallest absolute Gasteiger partial charge is 0.295 e. The van der Waals surface area contributed by atoms with Crippen molar-refractivity contribution in [2.45, 2.75) is 19.5 Å². The molecule has 1 aromatic heterocycles. The van der Waals surface area contributed by atoms with E-state index in [1.165, 1.54) is 29.2 Å². The summed E-state index contributed by atoms with van der Waals surface area (Å²) in [5.74, 6) is -1.69. The van der Waals surface area contributed by atoms with Gasteiger partial charge in [-0.05, 0) is 60.5 Å². The number of hydrogen-bond donors (Lipinski definition) is 1. The van der Waals surface area contributed by atoms with Gasteiger partial charge in [0.05, 0.1) is 18.2 Å². The van der Waals surface area contributed by atoms with Crippen molar-refractivity contribution in [3.63, 3.8) is 0 Å². The molecule has 1 saturated heterocycles. The van der Waals surface area contributed by atoms with Crippen LogP contribution in [-0.4, -0.2) is 33.3 Å². The van der Waals surface area contributed by atoms with Crippen LogP contribution in [0.25, 0.3) is 5.76 Å². The van der Waals surface area contributed by atoms with Crippen molar-refractivity contribution in [3.8, 4) is 5.75 Å². The van der Waals surface area contributed by atoms with Gasteiger partial charge in [-0.2, -0.15) is 0 Å². The standard InChI is InChI=1S/C25H21FN2O4/c1-2-32-20-11-7-17(8-12-20)22-21(23(29)18-5-9-19(26)10-6-18)24(30)25(31)28(22)15-16-4-3-13-27-14-16/h3-14,22,29H,2,15H2,1H3. The lowest BCUT2D eigenvalue weighted by Gasteiger charge is -2.25. The van der Waals surface area contributed by atoms with Crippen molar-refractivity contribution in [3.05, 3.63) is 101 Å². The van der Waals surface area contributed by atoms with Crippen molar-refractivity contribution < 1.29 is 23.8 Å². The molecule has 0 radical (unpaired) electrons. The first-order valence-corrected chi connectivity index (χ1v) is 10.2. The molecule has 1 amide bonds. The molecule has 6 nitrogen and oxygen atoms in total. The highest BCUT2D eigenvalue weighted by molar-refractivity contribution is 6.46. The van der Waals surface area contributed by atoms with Crippen LogP contribution in [0.3, 0.4) is 0 Å². The van der Waals surface area contributed by atoms with Crippen LogP contribution in [0.5, 0.6) is 5.75 Å². The number of aliphatic hydroxyl groups excluding tert-OH is 1. The van der Waals surface area contributed by atoms with Crippen molar-refractivity contribution in [1.82, 2.24) is 9.88 Å². The largest absolute Gasteiger partial charge is 0.507 e. The van der Waals surface area contributed by atoms with E-state index in [-0.39, 0.29) is 23.4 Å². The van der Waals surface area contributed by atoms with Gasteiger partial charge in [0, 0.05) is 24.5 Å². The molecule has 32 heavy (non-hydrogen) atoms. The summed E-state index contributed by atoms with van der Waals surface area (Å²) in [4.78, 5) is 31.5. The number of nitrogens with zero attached hydrogens (tertiary/aromatic N) is 2. The Morgan fingerprint density at radius 1 is 1.09 bits per heavy atom. The highest BCUT2D eigenvalue weighted by atomic mass is 19.1. The molecule has 2 aromatic carbocycles. The van der Waals surface area contributed by atoms with Crippen LogP contribution in [0.2, 0.25) is 0 Å². The molecule has 1 atom stereocenters. The molecule has 0 spiro atoms. The zero-order chi connectivity index (χ0) is 22.7. The van der Waals surface area contributed by atoms with Gasteiger partial charge in [0.25, 0.3) is 11.7 Å². The zero-order valence-electron chi connectivity index (χ0n) is 17.4. The fraction of sp³-hybridized carbons (Fsp3) is 0.160. The lowest BCUT2D eigenvalue weighted by molar-refractivity contribution is -0.140. The number of carbonyl (C=O) groups excluding carboxylic acids is 2. The number of amides is 1. The van der Waals surface area contributed by atoms with Crippen LogP contribution in [0.15, 0.2) is 78.6 Å². The van der Waals surface area contributed by atoms with E-state index in [1.54, 1.807) is 42.7 Å². The van der Waals surface area contributed by atoms with Gasteiger partial charge >= 0.3 is 0 Å². The van der Waals surface area contributed by atoms with Gasteiger partial charge in [-0.1, -0.05) is 18.2 Å². The minimum atomic E-state index is -0.823. The molecule has 0 aliphatic carbocycles. The molecular formula is C25H21FN2O4. The summed E-state index contributed by atoms with van der Waals surface area (Å²) in [6, 6.07) is 14.9. The topological polar surface area (TPSA) is 79.7 Å². The van der Waals surface area contributed by atoms with Gasteiger partial charge in [-0.3, -0.25) is 14.6 Å². The number of rotatable bonds is 6. The number of Topliss-reactive ketones (excluding diaryl/α,β-unsaturated/α-hetero) is 1. The number of halogens is 1. The Kier molecular flexibility index (Phi) is 5.98. The molecule has 1 aliphatic heterocycles. The minimum absolute atomic E-state index is 0.0466. The monoisotopic (exact) mass is 432 g/mol. The Morgan fingerprint density at radius 3 is 2.44 bits per heavy atom. The van der Waals surface area contributed by atoms with E-state index >= 15 is 0 Å². The van der Waals surface area contributed by atoms with Crippen LogP contribution < -0.4 is 4.74 Å². The summed E-state index contributed by atoms with van der Waals surface area (Å²) < 4.78 is 18.9. The molecule has 2 heterocycles. The van der Waals surface area contributed by atoms with Gasteiger partial charge in [-0.15, -0.1) is 0 Å². The third-order valence-electron chi connectivity index (χ3n) is 5.24. The Hall–Kier alpha value is -4.00. The number of aliphatic hydroxyl groups is 1. The number of ketones is 1. The van der Waals surface area contributed by atoms with E-state index < -0.39 is 23.5 Å². The van der Waals surface area contributed by atoms with E-state index in [4.69, 9.17) is 4.74 Å². The lowest BCUT2D eigenvalue weighted by atomic mass is 9.95. The average Bonchev–Trinajstić information content (AvgIpc) is 3.05. The van der Waals surface area contributed by atoms with Gasteiger partial charge in [0.15, 0.2) is 0 Å². The Bertz CT molecular complexity index is 1160. The fourth-order valence-corrected chi connectivity index (χ4v) is 3.75. The van der Waals surface area contributed by atoms with E-state index in [9.17, 15) is 19.1 Å². The summed E-state index contributed by atoms with van der Waals surface area (Å²) in [5, 5.41) is 11.0. The maximum Gasteiger partial charge on any atom is 0.295 e. The predicted octanol–water partition coefficient (Wildman–Crippen LogP) is 4.24. The first kappa shape index (κ1) is 21.2.